The van der Waals surface area contributed by atoms with E-state index in [-0.39, 0.29) is 12.0 Å². The third-order valence-electron chi connectivity index (χ3n) is 8.22. The molecule has 1 aromatic rings. The Morgan fingerprint density at radius 1 is 0.938 bits per heavy atom. The first-order valence-corrected chi connectivity index (χ1v) is 13.2. The van der Waals surface area contributed by atoms with E-state index >= 15 is 0 Å². The maximum atomic E-state index is 13.5. The number of rotatable bonds is 4. The smallest absolute Gasteiger partial charge is 0.226 e. The van der Waals surface area contributed by atoms with Crippen LogP contribution in [0.2, 0.25) is 0 Å². The lowest BCUT2D eigenvalue weighted by molar-refractivity contribution is -0.140. The minimum absolute atomic E-state index is 0.0500. The summed E-state index contributed by atoms with van der Waals surface area (Å²) in [5, 5.41) is 0. The Labute approximate surface area is 193 Å². The molecule has 5 rings (SSSR count). The average Bonchev–Trinajstić information content (AvgIpc) is 2.85. The molecule has 32 heavy (non-hydrogen) atoms. The van der Waals surface area contributed by atoms with Gasteiger partial charge in [-0.25, -0.2) is 9.97 Å². The van der Waals surface area contributed by atoms with E-state index in [0.29, 0.717) is 11.8 Å². The van der Waals surface area contributed by atoms with Crippen molar-refractivity contribution in [2.75, 3.05) is 37.7 Å². The van der Waals surface area contributed by atoms with Gasteiger partial charge in [0.25, 0.3) is 0 Å². The Bertz CT molecular complexity index is 801. The maximum Gasteiger partial charge on any atom is 0.226 e. The summed E-state index contributed by atoms with van der Waals surface area (Å²) >= 11 is 0. The first-order valence-electron chi connectivity index (χ1n) is 13.2. The lowest BCUT2D eigenvalue weighted by atomic mass is 9.87. The average molecular weight is 441 g/mol. The zero-order chi connectivity index (χ0) is 21.9. The molecule has 4 aliphatic rings. The minimum atomic E-state index is 0.0500. The summed E-state index contributed by atoms with van der Waals surface area (Å²) in [6, 6.07) is 0.0500. The van der Waals surface area contributed by atoms with Crippen LogP contribution in [0.4, 0.5) is 5.82 Å². The van der Waals surface area contributed by atoms with Crippen LogP contribution in [-0.4, -0.2) is 53.6 Å². The maximum absolute atomic E-state index is 13.5. The number of anilines is 1. The molecule has 1 atom stereocenters. The van der Waals surface area contributed by atoms with E-state index in [1.807, 2.05) is 0 Å². The van der Waals surface area contributed by atoms with Gasteiger partial charge in [-0.3, -0.25) is 4.79 Å². The lowest BCUT2D eigenvalue weighted by Crippen LogP contribution is -2.43. The SMILES string of the molecule is Cc1nc(C2CCCCN2C(=O)C2CCCCC2)nc2c1CCCN2CC1CCOCC1. The fourth-order valence-electron chi connectivity index (χ4n) is 6.32. The van der Waals surface area contributed by atoms with Crippen LogP contribution in [0, 0.1) is 18.8 Å². The number of fused-ring (bicyclic) bond motifs is 1. The first-order chi connectivity index (χ1) is 15.7. The summed E-state index contributed by atoms with van der Waals surface area (Å²) in [6.45, 7) is 6.94. The number of carbonyl (C=O) groups is 1. The van der Waals surface area contributed by atoms with Gasteiger partial charge in [-0.2, -0.15) is 0 Å². The molecule has 1 amide bonds. The van der Waals surface area contributed by atoms with Crippen molar-refractivity contribution in [3.63, 3.8) is 0 Å². The highest BCUT2D eigenvalue weighted by Crippen LogP contribution is 2.36. The normalized spacial score (nSPS) is 25.6. The van der Waals surface area contributed by atoms with E-state index in [9.17, 15) is 4.79 Å². The van der Waals surface area contributed by atoms with Crippen molar-refractivity contribution in [1.82, 2.24) is 14.9 Å². The third kappa shape index (κ3) is 4.66. The van der Waals surface area contributed by atoms with Gasteiger partial charge < -0.3 is 14.5 Å². The fraction of sp³-hybridized carbons (Fsp3) is 0.808. The molecule has 1 aromatic heterocycles. The van der Waals surface area contributed by atoms with E-state index in [1.54, 1.807) is 0 Å². The Morgan fingerprint density at radius 3 is 2.53 bits per heavy atom. The van der Waals surface area contributed by atoms with E-state index < -0.39 is 0 Å². The van der Waals surface area contributed by atoms with Crippen LogP contribution in [0.25, 0.3) is 0 Å². The number of ether oxygens (including phenoxy) is 1. The standard InChI is InChI=1S/C26H40N4O2/c1-19-22-10-7-14-29(18-20-12-16-32-17-13-20)25(22)28-24(27-19)23-11-5-6-15-30(23)26(31)21-8-3-2-4-9-21/h20-21,23H,2-18H2,1H3. The van der Waals surface area contributed by atoms with Crippen LogP contribution in [0.3, 0.4) is 0 Å². The topological polar surface area (TPSA) is 58.6 Å². The van der Waals surface area contributed by atoms with Gasteiger partial charge >= 0.3 is 0 Å². The van der Waals surface area contributed by atoms with Crippen LogP contribution in [-0.2, 0) is 16.0 Å². The fourth-order valence-corrected chi connectivity index (χ4v) is 6.32. The number of hydrogen-bond acceptors (Lipinski definition) is 5. The second-order valence-electron chi connectivity index (χ2n) is 10.5. The predicted molar refractivity (Wildman–Crippen MR) is 126 cm³/mol. The molecule has 0 bridgehead atoms. The molecule has 3 fully saturated rings. The lowest BCUT2D eigenvalue weighted by Gasteiger charge is -2.39. The highest BCUT2D eigenvalue weighted by Gasteiger charge is 2.35. The van der Waals surface area contributed by atoms with Gasteiger partial charge in [0.1, 0.15) is 5.82 Å². The summed E-state index contributed by atoms with van der Waals surface area (Å²) in [4.78, 5) is 28.4. The molecule has 2 saturated heterocycles. The van der Waals surface area contributed by atoms with Crippen molar-refractivity contribution in [1.29, 1.82) is 0 Å². The van der Waals surface area contributed by atoms with Crippen molar-refractivity contribution < 1.29 is 9.53 Å². The molecule has 6 heteroatoms. The van der Waals surface area contributed by atoms with Gasteiger partial charge in [0.15, 0.2) is 5.82 Å². The molecule has 0 N–H and O–H groups in total. The number of amides is 1. The van der Waals surface area contributed by atoms with Gasteiger partial charge in [-0.15, -0.1) is 0 Å². The van der Waals surface area contributed by atoms with E-state index in [4.69, 9.17) is 14.7 Å². The number of aryl methyl sites for hydroxylation is 1. The van der Waals surface area contributed by atoms with Gasteiger partial charge in [0.2, 0.25) is 5.91 Å². The summed E-state index contributed by atoms with van der Waals surface area (Å²) in [5.74, 6) is 3.32. The molecule has 1 aliphatic carbocycles. The molecule has 0 radical (unpaired) electrons. The van der Waals surface area contributed by atoms with E-state index in [0.717, 1.165) is 102 Å². The molecule has 1 unspecified atom stereocenters. The van der Waals surface area contributed by atoms with Crippen LogP contribution in [0.1, 0.15) is 93.8 Å². The largest absolute Gasteiger partial charge is 0.381 e. The van der Waals surface area contributed by atoms with E-state index in [1.165, 1.54) is 31.2 Å². The van der Waals surface area contributed by atoms with Crippen LogP contribution >= 0.6 is 0 Å². The predicted octanol–water partition coefficient (Wildman–Crippen LogP) is 4.60. The molecular weight excluding hydrogens is 400 g/mol. The minimum Gasteiger partial charge on any atom is -0.381 e. The van der Waals surface area contributed by atoms with Crippen molar-refractivity contribution >= 4 is 11.7 Å². The van der Waals surface area contributed by atoms with Crippen LogP contribution in [0.5, 0.6) is 0 Å². The zero-order valence-corrected chi connectivity index (χ0v) is 19.9. The summed E-state index contributed by atoms with van der Waals surface area (Å²) in [6.07, 6.45) is 13.6. The number of carbonyl (C=O) groups excluding carboxylic acids is 1. The summed E-state index contributed by atoms with van der Waals surface area (Å²) in [7, 11) is 0. The van der Waals surface area contributed by atoms with Gasteiger partial charge in [0, 0.05) is 50.0 Å². The van der Waals surface area contributed by atoms with Crippen molar-refractivity contribution in [3.05, 3.63) is 17.1 Å². The first kappa shape index (κ1) is 22.1. The van der Waals surface area contributed by atoms with Crippen molar-refractivity contribution in [2.45, 2.75) is 90.0 Å². The summed E-state index contributed by atoms with van der Waals surface area (Å²) < 4.78 is 5.58. The number of aromatic nitrogens is 2. The van der Waals surface area contributed by atoms with Gasteiger partial charge in [-0.1, -0.05) is 19.3 Å². The second-order valence-corrected chi connectivity index (χ2v) is 10.5. The molecule has 176 valence electrons. The zero-order valence-electron chi connectivity index (χ0n) is 19.9. The highest BCUT2D eigenvalue weighted by molar-refractivity contribution is 5.79. The number of piperidine rings is 1. The van der Waals surface area contributed by atoms with Gasteiger partial charge in [0.05, 0.1) is 6.04 Å². The molecule has 3 aliphatic heterocycles. The van der Waals surface area contributed by atoms with Crippen LogP contribution in [0.15, 0.2) is 0 Å². The number of hydrogen-bond donors (Lipinski definition) is 0. The Balaban J connectivity index is 1.40. The molecular formula is C26H40N4O2. The molecule has 4 heterocycles. The molecule has 1 saturated carbocycles. The Morgan fingerprint density at radius 2 is 1.72 bits per heavy atom. The Kier molecular flexibility index (Phi) is 6.96. The van der Waals surface area contributed by atoms with Gasteiger partial charge in [-0.05, 0) is 70.6 Å². The van der Waals surface area contributed by atoms with Crippen molar-refractivity contribution in [3.8, 4) is 0 Å². The van der Waals surface area contributed by atoms with E-state index in [2.05, 4.69) is 16.7 Å². The monoisotopic (exact) mass is 440 g/mol. The number of likely N-dealkylation sites (tertiary alicyclic amines) is 1. The Hall–Kier alpha value is -1.69. The highest BCUT2D eigenvalue weighted by atomic mass is 16.5. The molecule has 0 aromatic carbocycles. The quantitative estimate of drug-likeness (QED) is 0.685. The van der Waals surface area contributed by atoms with Crippen LogP contribution < -0.4 is 4.90 Å². The second kappa shape index (κ2) is 10.1. The molecule has 6 nitrogen and oxygen atoms in total. The molecule has 0 spiro atoms. The summed E-state index contributed by atoms with van der Waals surface area (Å²) in [5.41, 5.74) is 2.45. The third-order valence-corrected chi connectivity index (χ3v) is 8.22. The van der Waals surface area contributed by atoms with Crippen molar-refractivity contribution in [2.24, 2.45) is 11.8 Å². The number of nitrogens with zero attached hydrogens (tertiary/aromatic N) is 4.